The number of amides is 1. The Labute approximate surface area is 171 Å². The minimum atomic E-state index is -0.343. The van der Waals surface area contributed by atoms with E-state index in [1.165, 1.54) is 11.8 Å². The summed E-state index contributed by atoms with van der Waals surface area (Å²) in [5, 5.41) is 1.14. The highest BCUT2D eigenvalue weighted by molar-refractivity contribution is 8.00. The molecule has 0 spiro atoms. The topological polar surface area (TPSA) is 68.3 Å². The standard InChI is InChI=1S/C20H20ClN3O3S/c1-13(18(25)23-8-2-3-9-23)28-20-22-17-11-14(21)6-7-16(17)19(26)24(20)12-15-5-4-10-27-15/h4-7,10-11,13H,2-3,8-9,12H2,1H3/t13-/m0/s1. The number of benzene rings is 1. The van der Waals surface area contributed by atoms with Crippen LogP contribution in [-0.2, 0) is 11.3 Å². The molecule has 0 radical (unpaired) electrons. The average Bonchev–Trinajstić information content (AvgIpc) is 3.38. The lowest BCUT2D eigenvalue weighted by atomic mass is 10.2. The number of carbonyl (C=O) groups is 1. The number of halogens is 1. The van der Waals surface area contributed by atoms with Crippen LogP contribution in [0.5, 0.6) is 0 Å². The van der Waals surface area contributed by atoms with Crippen LogP contribution in [0.25, 0.3) is 10.9 Å². The molecule has 1 aromatic carbocycles. The molecule has 0 N–H and O–H groups in total. The maximum atomic E-state index is 13.1. The second-order valence-corrected chi connectivity index (χ2v) is 8.56. The lowest BCUT2D eigenvalue weighted by Crippen LogP contribution is -2.34. The SMILES string of the molecule is C[C@H](Sc1nc2cc(Cl)ccc2c(=O)n1Cc1ccco1)C(=O)N1CCCC1. The van der Waals surface area contributed by atoms with Gasteiger partial charge in [-0.3, -0.25) is 14.2 Å². The third-order valence-corrected chi connectivity index (χ3v) is 6.14. The number of likely N-dealkylation sites (tertiary alicyclic amines) is 1. The van der Waals surface area contributed by atoms with E-state index in [1.54, 1.807) is 35.1 Å². The van der Waals surface area contributed by atoms with Gasteiger partial charge in [0.15, 0.2) is 5.16 Å². The molecule has 4 rings (SSSR count). The van der Waals surface area contributed by atoms with Crippen LogP contribution in [0, 0.1) is 0 Å². The van der Waals surface area contributed by atoms with Crippen molar-refractivity contribution in [3.05, 3.63) is 57.7 Å². The number of hydrogen-bond donors (Lipinski definition) is 0. The molecule has 0 saturated carbocycles. The van der Waals surface area contributed by atoms with E-state index in [-0.39, 0.29) is 23.3 Å². The summed E-state index contributed by atoms with van der Waals surface area (Å²) in [5.41, 5.74) is 0.345. The molecule has 3 heterocycles. The molecule has 0 bridgehead atoms. The molecule has 8 heteroatoms. The van der Waals surface area contributed by atoms with Gasteiger partial charge in [0.2, 0.25) is 5.91 Å². The maximum absolute atomic E-state index is 13.1. The number of rotatable bonds is 5. The molecule has 2 aromatic heterocycles. The fourth-order valence-corrected chi connectivity index (χ4v) is 4.52. The Morgan fingerprint density at radius 2 is 2.11 bits per heavy atom. The van der Waals surface area contributed by atoms with Gasteiger partial charge in [0.05, 0.1) is 29.0 Å². The molecule has 0 unspecified atom stereocenters. The van der Waals surface area contributed by atoms with Crippen molar-refractivity contribution in [2.75, 3.05) is 13.1 Å². The zero-order valence-corrected chi connectivity index (χ0v) is 17.0. The Balaban J connectivity index is 1.73. The molecule has 1 aliphatic rings. The Morgan fingerprint density at radius 3 is 2.82 bits per heavy atom. The van der Waals surface area contributed by atoms with Gasteiger partial charge in [0, 0.05) is 18.1 Å². The van der Waals surface area contributed by atoms with Crippen molar-refractivity contribution in [1.29, 1.82) is 0 Å². The summed E-state index contributed by atoms with van der Waals surface area (Å²) in [6, 6.07) is 8.62. The second kappa shape index (κ2) is 8.01. The van der Waals surface area contributed by atoms with Crippen molar-refractivity contribution in [3.63, 3.8) is 0 Å². The van der Waals surface area contributed by atoms with Crippen molar-refractivity contribution in [3.8, 4) is 0 Å². The summed E-state index contributed by atoms with van der Waals surface area (Å²) in [7, 11) is 0. The molecule has 1 saturated heterocycles. The van der Waals surface area contributed by atoms with Crippen molar-refractivity contribution in [2.24, 2.45) is 0 Å². The molecule has 1 atom stereocenters. The van der Waals surface area contributed by atoms with E-state index in [2.05, 4.69) is 4.98 Å². The highest BCUT2D eigenvalue weighted by Gasteiger charge is 2.26. The van der Waals surface area contributed by atoms with Crippen molar-refractivity contribution < 1.29 is 9.21 Å². The van der Waals surface area contributed by atoms with Gasteiger partial charge in [-0.15, -0.1) is 0 Å². The van der Waals surface area contributed by atoms with Gasteiger partial charge in [0.1, 0.15) is 5.76 Å². The smallest absolute Gasteiger partial charge is 0.262 e. The molecule has 1 fully saturated rings. The normalized spacial score (nSPS) is 15.3. The van der Waals surface area contributed by atoms with Gasteiger partial charge in [-0.05, 0) is 50.1 Å². The largest absolute Gasteiger partial charge is 0.467 e. The van der Waals surface area contributed by atoms with Crippen LogP contribution >= 0.6 is 23.4 Å². The van der Waals surface area contributed by atoms with E-state index in [1.807, 2.05) is 17.9 Å². The quantitative estimate of drug-likeness (QED) is 0.466. The van der Waals surface area contributed by atoms with Gasteiger partial charge in [-0.1, -0.05) is 23.4 Å². The number of nitrogens with zero attached hydrogens (tertiary/aromatic N) is 3. The molecular formula is C20H20ClN3O3S. The summed E-state index contributed by atoms with van der Waals surface area (Å²) < 4.78 is 6.98. The van der Waals surface area contributed by atoms with Crippen molar-refractivity contribution in [1.82, 2.24) is 14.5 Å². The number of carbonyl (C=O) groups excluding carboxylic acids is 1. The average molecular weight is 418 g/mol. The molecule has 6 nitrogen and oxygen atoms in total. The summed E-state index contributed by atoms with van der Waals surface area (Å²) in [6.07, 6.45) is 3.65. The third-order valence-electron chi connectivity index (χ3n) is 4.82. The first kappa shape index (κ1) is 19.1. The molecule has 0 aliphatic carbocycles. The predicted molar refractivity (Wildman–Crippen MR) is 110 cm³/mol. The molecule has 146 valence electrons. The lowest BCUT2D eigenvalue weighted by molar-refractivity contribution is -0.129. The number of thioether (sulfide) groups is 1. The maximum Gasteiger partial charge on any atom is 0.262 e. The third kappa shape index (κ3) is 3.82. The summed E-state index contributed by atoms with van der Waals surface area (Å²) >= 11 is 7.39. The highest BCUT2D eigenvalue weighted by Crippen LogP contribution is 2.26. The van der Waals surface area contributed by atoms with Crippen LogP contribution < -0.4 is 5.56 Å². The van der Waals surface area contributed by atoms with E-state index < -0.39 is 0 Å². The van der Waals surface area contributed by atoms with Gasteiger partial charge in [0.25, 0.3) is 5.56 Å². The van der Waals surface area contributed by atoms with Crippen LogP contribution in [0.2, 0.25) is 5.02 Å². The number of aromatic nitrogens is 2. The summed E-state index contributed by atoms with van der Waals surface area (Å²) in [4.78, 5) is 32.4. The van der Waals surface area contributed by atoms with E-state index in [4.69, 9.17) is 16.0 Å². The first-order chi connectivity index (χ1) is 13.5. The van der Waals surface area contributed by atoms with E-state index in [0.29, 0.717) is 26.8 Å². The van der Waals surface area contributed by atoms with Crippen LogP contribution in [0.3, 0.4) is 0 Å². The fraction of sp³-hybridized carbons (Fsp3) is 0.350. The van der Waals surface area contributed by atoms with Crippen molar-refractivity contribution >= 4 is 40.2 Å². The fourth-order valence-electron chi connectivity index (χ4n) is 3.36. The number of hydrogen-bond acceptors (Lipinski definition) is 5. The van der Waals surface area contributed by atoms with Crippen LogP contribution in [0.4, 0.5) is 0 Å². The second-order valence-electron chi connectivity index (χ2n) is 6.82. The van der Waals surface area contributed by atoms with Gasteiger partial charge < -0.3 is 9.32 Å². The Bertz CT molecular complexity index is 1060. The molecule has 1 aliphatic heterocycles. The summed E-state index contributed by atoms with van der Waals surface area (Å²) in [5.74, 6) is 0.727. The minimum Gasteiger partial charge on any atom is -0.467 e. The van der Waals surface area contributed by atoms with Crippen LogP contribution in [0.15, 0.2) is 51.0 Å². The van der Waals surface area contributed by atoms with Gasteiger partial charge >= 0.3 is 0 Å². The van der Waals surface area contributed by atoms with Crippen LogP contribution in [0.1, 0.15) is 25.5 Å². The van der Waals surface area contributed by atoms with E-state index in [0.717, 1.165) is 25.9 Å². The van der Waals surface area contributed by atoms with Gasteiger partial charge in [-0.25, -0.2) is 4.98 Å². The zero-order valence-electron chi connectivity index (χ0n) is 15.4. The lowest BCUT2D eigenvalue weighted by Gasteiger charge is -2.21. The monoisotopic (exact) mass is 417 g/mol. The minimum absolute atomic E-state index is 0.0764. The predicted octanol–water partition coefficient (Wildman–Crippen LogP) is 3.79. The van der Waals surface area contributed by atoms with Crippen LogP contribution in [-0.4, -0.2) is 38.7 Å². The first-order valence-corrected chi connectivity index (χ1v) is 10.5. The Kier molecular flexibility index (Phi) is 5.46. The molecule has 3 aromatic rings. The van der Waals surface area contributed by atoms with Crippen molar-refractivity contribution in [2.45, 2.75) is 36.7 Å². The molecule has 1 amide bonds. The van der Waals surface area contributed by atoms with E-state index in [9.17, 15) is 9.59 Å². The number of fused-ring (bicyclic) bond motifs is 1. The zero-order chi connectivity index (χ0) is 19.7. The Morgan fingerprint density at radius 1 is 1.32 bits per heavy atom. The Hall–Kier alpha value is -2.25. The summed E-state index contributed by atoms with van der Waals surface area (Å²) in [6.45, 7) is 3.70. The first-order valence-electron chi connectivity index (χ1n) is 9.21. The highest BCUT2D eigenvalue weighted by atomic mass is 35.5. The number of furan rings is 1. The molecular weight excluding hydrogens is 398 g/mol. The molecule has 28 heavy (non-hydrogen) atoms. The van der Waals surface area contributed by atoms with E-state index >= 15 is 0 Å². The van der Waals surface area contributed by atoms with Gasteiger partial charge in [-0.2, -0.15) is 0 Å².